The van der Waals surface area contributed by atoms with Gasteiger partial charge in [0.1, 0.15) is 5.75 Å². The molecule has 1 aromatic carbocycles. The maximum Gasteiger partial charge on any atom is 0.254 e. The summed E-state index contributed by atoms with van der Waals surface area (Å²) in [5.74, 6) is 1.30. The summed E-state index contributed by atoms with van der Waals surface area (Å²) in [5, 5.41) is 0. The number of carbonyl (C=O) groups is 1. The summed E-state index contributed by atoms with van der Waals surface area (Å²) in [7, 11) is 3.76. The van der Waals surface area contributed by atoms with Gasteiger partial charge in [-0.05, 0) is 31.2 Å². The highest BCUT2D eigenvalue weighted by Crippen LogP contribution is 2.37. The van der Waals surface area contributed by atoms with Gasteiger partial charge in [-0.15, -0.1) is 0 Å². The van der Waals surface area contributed by atoms with E-state index >= 15 is 0 Å². The Kier molecular flexibility index (Phi) is 4.60. The molecule has 2 heterocycles. The third-order valence-corrected chi connectivity index (χ3v) is 5.22. The molecular weight excluding hydrogens is 292 g/mol. The Hall–Kier alpha value is -1.59. The van der Waals surface area contributed by atoms with Crippen LogP contribution in [0, 0.1) is 11.3 Å². The fourth-order valence-electron chi connectivity index (χ4n) is 3.88. The maximum absolute atomic E-state index is 13.0. The number of rotatable bonds is 2. The minimum atomic E-state index is 0.0414. The molecule has 0 aliphatic carbocycles. The molecule has 2 atom stereocenters. The van der Waals surface area contributed by atoms with Crippen LogP contribution in [0.1, 0.15) is 17.3 Å². The number of likely N-dealkylation sites (tertiary alicyclic amines) is 1. The third kappa shape index (κ3) is 3.21. The van der Waals surface area contributed by atoms with Crippen LogP contribution in [-0.2, 0) is 4.74 Å². The first-order valence-corrected chi connectivity index (χ1v) is 8.24. The molecule has 3 rings (SSSR count). The number of hydrogen-bond acceptors (Lipinski definition) is 4. The van der Waals surface area contributed by atoms with Crippen molar-refractivity contribution in [2.45, 2.75) is 6.92 Å². The second-order valence-corrected chi connectivity index (χ2v) is 6.97. The molecule has 0 saturated carbocycles. The first kappa shape index (κ1) is 16.3. The second kappa shape index (κ2) is 6.49. The Bertz CT molecular complexity index is 577. The molecule has 1 spiro atoms. The van der Waals surface area contributed by atoms with E-state index in [4.69, 9.17) is 9.47 Å². The molecule has 1 aromatic rings. The molecule has 23 heavy (non-hydrogen) atoms. The molecule has 1 amide bonds. The standard InChI is InChI=1S/C18H26N2O3/c1-14-10-19(2)11-18(14)12-20(7-8-23-13-18)17(21)15-5-4-6-16(9-15)22-3/h4-6,9,14H,7-8,10-13H2,1-3H3/t14-,18+/m1/s1. The maximum atomic E-state index is 13.0. The fourth-order valence-corrected chi connectivity index (χ4v) is 3.88. The van der Waals surface area contributed by atoms with Gasteiger partial charge in [-0.1, -0.05) is 13.0 Å². The molecule has 0 bridgehead atoms. The Morgan fingerprint density at radius 3 is 2.91 bits per heavy atom. The van der Waals surface area contributed by atoms with Crippen LogP contribution in [0.3, 0.4) is 0 Å². The van der Waals surface area contributed by atoms with Gasteiger partial charge in [0.15, 0.2) is 0 Å². The highest BCUT2D eigenvalue weighted by Gasteiger charge is 2.46. The van der Waals surface area contributed by atoms with Crippen molar-refractivity contribution >= 4 is 5.91 Å². The van der Waals surface area contributed by atoms with Crippen molar-refractivity contribution in [3.8, 4) is 5.75 Å². The van der Waals surface area contributed by atoms with Gasteiger partial charge in [-0.3, -0.25) is 4.79 Å². The van der Waals surface area contributed by atoms with Gasteiger partial charge < -0.3 is 19.3 Å². The van der Waals surface area contributed by atoms with E-state index in [1.807, 2.05) is 29.2 Å². The molecule has 0 aromatic heterocycles. The number of hydrogen-bond donors (Lipinski definition) is 0. The lowest BCUT2D eigenvalue weighted by atomic mass is 9.79. The van der Waals surface area contributed by atoms with Crippen LogP contribution in [-0.4, -0.2) is 69.3 Å². The summed E-state index contributed by atoms with van der Waals surface area (Å²) in [6.07, 6.45) is 0. The van der Waals surface area contributed by atoms with Gasteiger partial charge in [0.25, 0.3) is 5.91 Å². The number of benzene rings is 1. The quantitative estimate of drug-likeness (QED) is 0.833. The van der Waals surface area contributed by atoms with E-state index in [-0.39, 0.29) is 11.3 Å². The van der Waals surface area contributed by atoms with Gasteiger partial charge in [-0.2, -0.15) is 0 Å². The molecule has 2 aliphatic rings. The second-order valence-electron chi connectivity index (χ2n) is 6.97. The van der Waals surface area contributed by atoms with Crippen LogP contribution in [0.2, 0.25) is 0 Å². The SMILES string of the molecule is COc1cccc(C(=O)N2CCOC[C@]3(CN(C)C[C@H]3C)C2)c1. The summed E-state index contributed by atoms with van der Waals surface area (Å²) in [4.78, 5) is 17.2. The fraction of sp³-hybridized carbons (Fsp3) is 0.611. The van der Waals surface area contributed by atoms with Crippen LogP contribution in [0.25, 0.3) is 0 Å². The zero-order valence-corrected chi connectivity index (χ0v) is 14.2. The summed E-state index contributed by atoms with van der Waals surface area (Å²) in [6, 6.07) is 7.39. The van der Waals surface area contributed by atoms with Crippen LogP contribution in [0.5, 0.6) is 5.75 Å². The van der Waals surface area contributed by atoms with Crippen molar-refractivity contribution in [2.24, 2.45) is 11.3 Å². The van der Waals surface area contributed by atoms with E-state index < -0.39 is 0 Å². The molecule has 2 saturated heterocycles. The number of amides is 1. The smallest absolute Gasteiger partial charge is 0.254 e. The average Bonchev–Trinajstić information content (AvgIpc) is 2.72. The largest absolute Gasteiger partial charge is 0.497 e. The number of nitrogens with zero attached hydrogens (tertiary/aromatic N) is 2. The summed E-state index contributed by atoms with van der Waals surface area (Å²) >= 11 is 0. The molecule has 0 N–H and O–H groups in total. The van der Waals surface area contributed by atoms with Gasteiger partial charge in [-0.25, -0.2) is 0 Å². The summed E-state index contributed by atoms with van der Waals surface area (Å²) in [6.45, 7) is 7.06. The Balaban J connectivity index is 1.82. The molecule has 5 nitrogen and oxygen atoms in total. The number of ether oxygens (including phenoxy) is 2. The van der Waals surface area contributed by atoms with E-state index in [0.29, 0.717) is 30.4 Å². The van der Waals surface area contributed by atoms with E-state index in [0.717, 1.165) is 26.2 Å². The van der Waals surface area contributed by atoms with Crippen molar-refractivity contribution in [3.05, 3.63) is 29.8 Å². The summed E-state index contributed by atoms with van der Waals surface area (Å²) in [5.41, 5.74) is 0.722. The van der Waals surface area contributed by atoms with Gasteiger partial charge in [0, 0.05) is 37.2 Å². The highest BCUT2D eigenvalue weighted by atomic mass is 16.5. The monoisotopic (exact) mass is 318 g/mol. The van der Waals surface area contributed by atoms with Crippen LogP contribution in [0.15, 0.2) is 24.3 Å². The third-order valence-electron chi connectivity index (χ3n) is 5.22. The Morgan fingerprint density at radius 1 is 1.39 bits per heavy atom. The number of carbonyl (C=O) groups excluding carboxylic acids is 1. The normalized spacial score (nSPS) is 28.8. The topological polar surface area (TPSA) is 42.0 Å². The molecule has 2 aliphatic heterocycles. The minimum Gasteiger partial charge on any atom is -0.497 e. The van der Waals surface area contributed by atoms with E-state index in [1.54, 1.807) is 7.11 Å². The number of methoxy groups -OCH3 is 1. The molecule has 0 radical (unpaired) electrons. The van der Waals surface area contributed by atoms with E-state index in [1.165, 1.54) is 0 Å². The van der Waals surface area contributed by atoms with Crippen LogP contribution < -0.4 is 4.74 Å². The van der Waals surface area contributed by atoms with Crippen molar-refractivity contribution in [3.63, 3.8) is 0 Å². The predicted molar refractivity (Wildman–Crippen MR) is 88.8 cm³/mol. The summed E-state index contributed by atoms with van der Waals surface area (Å²) < 4.78 is 11.1. The van der Waals surface area contributed by atoms with Gasteiger partial charge >= 0.3 is 0 Å². The van der Waals surface area contributed by atoms with E-state index in [2.05, 4.69) is 18.9 Å². The minimum absolute atomic E-state index is 0.0414. The molecular formula is C18H26N2O3. The lowest BCUT2D eigenvalue weighted by molar-refractivity contribution is 0.0490. The molecule has 5 heteroatoms. The molecule has 0 unspecified atom stereocenters. The zero-order chi connectivity index (χ0) is 16.4. The lowest BCUT2D eigenvalue weighted by Crippen LogP contribution is -2.45. The van der Waals surface area contributed by atoms with Crippen molar-refractivity contribution in [2.75, 3.05) is 53.6 Å². The zero-order valence-electron chi connectivity index (χ0n) is 14.2. The Morgan fingerprint density at radius 2 is 2.22 bits per heavy atom. The first-order valence-electron chi connectivity index (χ1n) is 8.24. The van der Waals surface area contributed by atoms with E-state index in [9.17, 15) is 4.79 Å². The van der Waals surface area contributed by atoms with Crippen LogP contribution >= 0.6 is 0 Å². The van der Waals surface area contributed by atoms with Crippen LogP contribution in [0.4, 0.5) is 0 Å². The first-order chi connectivity index (χ1) is 11.0. The molecule has 126 valence electrons. The molecule has 2 fully saturated rings. The average molecular weight is 318 g/mol. The van der Waals surface area contributed by atoms with Crippen molar-refractivity contribution < 1.29 is 14.3 Å². The van der Waals surface area contributed by atoms with Gasteiger partial charge in [0.05, 0.1) is 20.3 Å². The van der Waals surface area contributed by atoms with Crippen molar-refractivity contribution in [1.29, 1.82) is 0 Å². The lowest BCUT2D eigenvalue weighted by Gasteiger charge is -2.35. The van der Waals surface area contributed by atoms with Crippen molar-refractivity contribution in [1.82, 2.24) is 9.80 Å². The highest BCUT2D eigenvalue weighted by molar-refractivity contribution is 5.94. The van der Waals surface area contributed by atoms with Gasteiger partial charge in [0.2, 0.25) is 0 Å². The Labute approximate surface area is 138 Å². The predicted octanol–water partition coefficient (Wildman–Crippen LogP) is 1.74.